The largest absolute Gasteiger partial charge is 0.756 e. The first-order chi connectivity index (χ1) is 27.0. The number of phosphoric ester groups is 1. The third-order valence-corrected chi connectivity index (χ3v) is 11.6. The van der Waals surface area contributed by atoms with E-state index < -0.39 is 26.5 Å². The van der Waals surface area contributed by atoms with E-state index in [9.17, 15) is 19.0 Å². The van der Waals surface area contributed by atoms with Gasteiger partial charge in [-0.1, -0.05) is 206 Å². The summed E-state index contributed by atoms with van der Waals surface area (Å²) in [7, 11) is 1.18. The summed E-state index contributed by atoms with van der Waals surface area (Å²) in [6.07, 6.45) is 40.0. The highest BCUT2D eigenvalue weighted by atomic mass is 31.2. The molecule has 0 aliphatic carbocycles. The minimum atomic E-state index is -4.61. The van der Waals surface area contributed by atoms with Crippen molar-refractivity contribution < 1.29 is 42.1 Å². The highest BCUT2D eigenvalue weighted by Crippen LogP contribution is 2.38. The molecule has 0 aliphatic rings. The van der Waals surface area contributed by atoms with E-state index in [4.69, 9.17) is 18.5 Å². The maximum Gasteiger partial charge on any atom is 0.306 e. The molecule has 0 aliphatic heterocycles. The zero-order valence-electron chi connectivity index (χ0n) is 37.6. The first-order valence-corrected chi connectivity index (χ1v) is 25.2. The van der Waals surface area contributed by atoms with Crippen LogP contribution in [0.4, 0.5) is 0 Å². The summed E-state index contributed by atoms with van der Waals surface area (Å²) in [6.45, 7) is 4.24. The van der Waals surface area contributed by atoms with E-state index in [1.165, 1.54) is 167 Å². The van der Waals surface area contributed by atoms with Gasteiger partial charge in [0.1, 0.15) is 19.8 Å². The fourth-order valence-electron chi connectivity index (χ4n) is 6.89. The number of carbonyl (C=O) groups is 2. The average Bonchev–Trinajstić information content (AvgIpc) is 3.15. The van der Waals surface area contributed by atoms with Crippen molar-refractivity contribution >= 4 is 19.8 Å². The van der Waals surface area contributed by atoms with Gasteiger partial charge in [-0.3, -0.25) is 14.2 Å². The summed E-state index contributed by atoms with van der Waals surface area (Å²) in [6, 6.07) is 0. The lowest BCUT2D eigenvalue weighted by Gasteiger charge is -2.28. The van der Waals surface area contributed by atoms with E-state index >= 15 is 0 Å². The van der Waals surface area contributed by atoms with Crippen molar-refractivity contribution in [1.29, 1.82) is 0 Å². The number of unbranched alkanes of at least 4 members (excludes halogenated alkanes) is 30. The van der Waals surface area contributed by atoms with E-state index in [-0.39, 0.29) is 32.0 Å². The maximum absolute atomic E-state index is 12.7. The van der Waals surface area contributed by atoms with Crippen LogP contribution in [0.3, 0.4) is 0 Å². The van der Waals surface area contributed by atoms with Crippen molar-refractivity contribution in [2.75, 3.05) is 47.5 Å². The molecule has 56 heavy (non-hydrogen) atoms. The molecule has 0 saturated heterocycles. The molecule has 0 fully saturated rings. The second kappa shape index (κ2) is 39.5. The van der Waals surface area contributed by atoms with E-state index in [1.807, 2.05) is 21.1 Å². The smallest absolute Gasteiger partial charge is 0.306 e. The molecule has 0 aromatic carbocycles. The lowest BCUT2D eigenvalue weighted by Crippen LogP contribution is -2.37. The molecular formula is C46H92NO8P. The van der Waals surface area contributed by atoms with Gasteiger partial charge in [0.25, 0.3) is 7.82 Å². The third-order valence-electron chi connectivity index (χ3n) is 10.6. The second-order valence-electron chi connectivity index (χ2n) is 17.5. The molecule has 0 N–H and O–H groups in total. The van der Waals surface area contributed by atoms with Crippen LogP contribution in [0.15, 0.2) is 0 Å². The third kappa shape index (κ3) is 42.6. The number of quaternary nitrogens is 1. The molecule has 0 heterocycles. The standard InChI is InChI=1S/C46H92NO8P/c1-6-8-10-12-14-16-17-18-19-20-21-22-23-24-25-26-27-28-29-31-33-35-37-39-46(49)55-44(43-54-56(50,51)53-41-40-47(3,4)5)42-52-45(48)38-36-34-32-30-15-13-11-9-7-2/h44H,6-43H2,1-5H3/t44-/m1/s1. The molecule has 334 valence electrons. The van der Waals surface area contributed by atoms with Gasteiger partial charge in [0, 0.05) is 12.8 Å². The Hall–Kier alpha value is -0.990. The Bertz CT molecular complexity index is 927. The van der Waals surface area contributed by atoms with Crippen LogP contribution in [0.5, 0.6) is 0 Å². The lowest BCUT2D eigenvalue weighted by molar-refractivity contribution is -0.870. The minimum absolute atomic E-state index is 0.0258. The van der Waals surface area contributed by atoms with Gasteiger partial charge in [0.15, 0.2) is 6.10 Å². The van der Waals surface area contributed by atoms with Gasteiger partial charge in [0.2, 0.25) is 0 Å². The predicted octanol–water partition coefficient (Wildman–Crippen LogP) is 13.0. The van der Waals surface area contributed by atoms with E-state index in [0.717, 1.165) is 32.1 Å². The van der Waals surface area contributed by atoms with Crippen LogP contribution in [0, 0.1) is 0 Å². The Balaban J connectivity index is 4.12. The molecule has 0 aromatic heterocycles. The number of carbonyl (C=O) groups excluding carboxylic acids is 2. The molecule has 9 nitrogen and oxygen atoms in total. The fourth-order valence-corrected chi connectivity index (χ4v) is 7.62. The van der Waals surface area contributed by atoms with Crippen molar-refractivity contribution in [3.63, 3.8) is 0 Å². The maximum atomic E-state index is 12.7. The number of esters is 2. The Morgan fingerprint density at radius 1 is 0.482 bits per heavy atom. The van der Waals surface area contributed by atoms with Gasteiger partial charge < -0.3 is 27.9 Å². The highest BCUT2D eigenvalue weighted by Gasteiger charge is 2.21. The zero-order valence-corrected chi connectivity index (χ0v) is 38.5. The first kappa shape index (κ1) is 55.0. The van der Waals surface area contributed by atoms with Crippen molar-refractivity contribution in [1.82, 2.24) is 0 Å². The van der Waals surface area contributed by atoms with E-state index in [0.29, 0.717) is 17.4 Å². The summed E-state index contributed by atoms with van der Waals surface area (Å²) in [5.74, 6) is -0.822. The normalized spacial score (nSPS) is 13.5. The number of hydrogen-bond donors (Lipinski definition) is 0. The molecule has 2 atom stereocenters. The van der Waals surface area contributed by atoms with E-state index in [1.54, 1.807) is 0 Å². The Morgan fingerprint density at radius 2 is 0.804 bits per heavy atom. The number of nitrogens with zero attached hydrogens (tertiary/aromatic N) is 1. The monoisotopic (exact) mass is 818 g/mol. The van der Waals surface area contributed by atoms with Gasteiger partial charge in [-0.15, -0.1) is 0 Å². The predicted molar refractivity (Wildman–Crippen MR) is 232 cm³/mol. The number of rotatable bonds is 44. The minimum Gasteiger partial charge on any atom is -0.756 e. The fraction of sp³-hybridized carbons (Fsp3) is 0.957. The van der Waals surface area contributed by atoms with Crippen molar-refractivity contribution in [2.45, 2.75) is 238 Å². The van der Waals surface area contributed by atoms with Crippen LogP contribution < -0.4 is 4.89 Å². The van der Waals surface area contributed by atoms with Gasteiger partial charge in [0.05, 0.1) is 27.7 Å². The Morgan fingerprint density at radius 3 is 1.14 bits per heavy atom. The SMILES string of the molecule is CCCCCCCCCCCCCCCCCCCCCCCCCC(=O)O[C@H](COC(=O)CCCCCCCCCCC)COP(=O)([O-])OCC[N+](C)(C)C. The van der Waals surface area contributed by atoms with Crippen molar-refractivity contribution in [2.24, 2.45) is 0 Å². The Kier molecular flexibility index (Phi) is 38.8. The molecular weight excluding hydrogens is 725 g/mol. The summed E-state index contributed by atoms with van der Waals surface area (Å²) < 4.78 is 33.9. The first-order valence-electron chi connectivity index (χ1n) is 23.7. The zero-order chi connectivity index (χ0) is 41.4. The molecule has 0 amide bonds. The number of phosphoric acid groups is 1. The van der Waals surface area contributed by atoms with Crippen LogP contribution in [-0.2, 0) is 32.7 Å². The molecule has 1 unspecified atom stereocenters. The van der Waals surface area contributed by atoms with Gasteiger partial charge in [-0.2, -0.15) is 0 Å². The van der Waals surface area contributed by atoms with Crippen LogP contribution >= 0.6 is 7.82 Å². The Labute approximate surface area is 346 Å². The summed E-state index contributed by atoms with van der Waals surface area (Å²) in [4.78, 5) is 37.5. The molecule has 10 heteroatoms. The van der Waals surface area contributed by atoms with E-state index in [2.05, 4.69) is 13.8 Å². The molecule has 0 radical (unpaired) electrons. The number of likely N-dealkylation sites (N-methyl/N-ethyl adjacent to an activating group) is 1. The summed E-state index contributed by atoms with van der Waals surface area (Å²) in [5, 5.41) is 0. The number of hydrogen-bond acceptors (Lipinski definition) is 8. The van der Waals surface area contributed by atoms with Gasteiger partial charge in [-0.05, 0) is 12.8 Å². The van der Waals surface area contributed by atoms with Crippen LogP contribution in [0.1, 0.15) is 232 Å². The van der Waals surface area contributed by atoms with Crippen molar-refractivity contribution in [3.8, 4) is 0 Å². The summed E-state index contributed by atoms with van der Waals surface area (Å²) in [5.41, 5.74) is 0. The molecule has 0 rings (SSSR count). The molecule has 0 saturated carbocycles. The topological polar surface area (TPSA) is 111 Å². The van der Waals surface area contributed by atoms with Gasteiger partial charge >= 0.3 is 11.9 Å². The molecule has 0 bridgehead atoms. The molecule has 0 aromatic rings. The van der Waals surface area contributed by atoms with Gasteiger partial charge in [-0.25, -0.2) is 0 Å². The van der Waals surface area contributed by atoms with Crippen molar-refractivity contribution in [3.05, 3.63) is 0 Å². The molecule has 0 spiro atoms. The van der Waals surface area contributed by atoms with Crippen LogP contribution in [-0.4, -0.2) is 70.0 Å². The lowest BCUT2D eigenvalue weighted by atomic mass is 10.0. The van der Waals surface area contributed by atoms with Crippen LogP contribution in [0.2, 0.25) is 0 Å². The summed E-state index contributed by atoms with van der Waals surface area (Å²) >= 11 is 0. The highest BCUT2D eigenvalue weighted by molar-refractivity contribution is 7.45. The quantitative estimate of drug-likeness (QED) is 0.0259. The second-order valence-corrected chi connectivity index (χ2v) is 18.9. The average molecular weight is 818 g/mol. The van der Waals surface area contributed by atoms with Crippen LogP contribution in [0.25, 0.3) is 0 Å². The number of ether oxygens (including phenoxy) is 2.